The molecule has 0 unspecified atom stereocenters. The van der Waals surface area contributed by atoms with Crippen molar-refractivity contribution in [3.63, 3.8) is 0 Å². The minimum Gasteiger partial charge on any atom is -0.457 e. The minimum absolute atomic E-state index is 0.384. The summed E-state index contributed by atoms with van der Waals surface area (Å²) in [7, 11) is -3.72. The molecule has 4 rings (SSSR count). The molecule has 1 atom stereocenters. The second kappa shape index (κ2) is 10.2. The van der Waals surface area contributed by atoms with Crippen LogP contribution in [0.4, 0.5) is 17.1 Å². The van der Waals surface area contributed by atoms with Crippen LogP contribution in [-0.4, -0.2) is 39.7 Å². The Balaban J connectivity index is 1.46. The molecule has 3 aromatic rings. The fourth-order valence-electron chi connectivity index (χ4n) is 4.07. The van der Waals surface area contributed by atoms with Gasteiger partial charge in [0.05, 0.1) is 11.9 Å². The molecule has 1 amide bonds. The molecule has 34 heavy (non-hydrogen) atoms. The largest absolute Gasteiger partial charge is 0.457 e. The van der Waals surface area contributed by atoms with E-state index in [1.54, 1.807) is 31.2 Å². The molecule has 8 heteroatoms. The third kappa shape index (κ3) is 5.69. The van der Waals surface area contributed by atoms with Gasteiger partial charge in [0.1, 0.15) is 17.5 Å². The molecule has 0 saturated carbocycles. The Kier molecular flexibility index (Phi) is 7.07. The van der Waals surface area contributed by atoms with Gasteiger partial charge in [0.25, 0.3) is 0 Å². The first-order valence-corrected chi connectivity index (χ1v) is 13.1. The van der Waals surface area contributed by atoms with Gasteiger partial charge in [-0.1, -0.05) is 18.2 Å². The van der Waals surface area contributed by atoms with E-state index in [4.69, 9.17) is 4.74 Å². The standard InChI is InChI=1S/C26H29N3O4S/c1-20(26(30)27-21-10-12-22(13-11-21)28-18-6-7-19-28)29(34(2,31)32)23-14-16-25(17-15-23)33-24-8-4-3-5-9-24/h3-5,8-17,20H,6-7,18-19H2,1-2H3,(H,27,30)/t20-/m0/s1. The van der Waals surface area contributed by atoms with Crippen LogP contribution in [-0.2, 0) is 14.8 Å². The quantitative estimate of drug-likeness (QED) is 0.499. The van der Waals surface area contributed by atoms with Gasteiger partial charge in [-0.25, -0.2) is 8.42 Å². The summed E-state index contributed by atoms with van der Waals surface area (Å²) in [6, 6.07) is 22.6. The summed E-state index contributed by atoms with van der Waals surface area (Å²) in [4.78, 5) is 15.3. The van der Waals surface area contributed by atoms with Gasteiger partial charge in [-0.3, -0.25) is 9.10 Å². The average Bonchev–Trinajstić information content (AvgIpc) is 3.36. The van der Waals surface area contributed by atoms with E-state index in [1.807, 2.05) is 54.6 Å². The summed E-state index contributed by atoms with van der Waals surface area (Å²) < 4.78 is 32.1. The number of para-hydroxylation sites is 1. The van der Waals surface area contributed by atoms with Crippen LogP contribution in [0, 0.1) is 0 Å². The van der Waals surface area contributed by atoms with Gasteiger partial charge < -0.3 is 15.0 Å². The van der Waals surface area contributed by atoms with Gasteiger partial charge in [0, 0.05) is 24.5 Å². The second-order valence-corrected chi connectivity index (χ2v) is 10.2. The Morgan fingerprint density at radius 2 is 1.50 bits per heavy atom. The number of carbonyl (C=O) groups excluding carboxylic acids is 1. The molecule has 0 spiro atoms. The van der Waals surface area contributed by atoms with E-state index < -0.39 is 22.0 Å². The van der Waals surface area contributed by atoms with Crippen molar-refractivity contribution in [3.05, 3.63) is 78.9 Å². The lowest BCUT2D eigenvalue weighted by Gasteiger charge is -2.28. The lowest BCUT2D eigenvalue weighted by atomic mass is 10.2. The minimum atomic E-state index is -3.72. The van der Waals surface area contributed by atoms with E-state index in [-0.39, 0.29) is 0 Å². The van der Waals surface area contributed by atoms with Crippen molar-refractivity contribution in [2.45, 2.75) is 25.8 Å². The fraction of sp³-hybridized carbons (Fsp3) is 0.269. The summed E-state index contributed by atoms with van der Waals surface area (Å²) in [6.45, 7) is 3.66. The normalized spacial score (nSPS) is 14.5. The molecule has 1 aliphatic heterocycles. The molecule has 1 heterocycles. The predicted octanol–water partition coefficient (Wildman–Crippen LogP) is 4.87. The van der Waals surface area contributed by atoms with E-state index in [0.717, 1.165) is 29.3 Å². The van der Waals surface area contributed by atoms with Crippen LogP contribution in [0.1, 0.15) is 19.8 Å². The number of hydrogen-bond donors (Lipinski definition) is 1. The van der Waals surface area contributed by atoms with Crippen LogP contribution in [0.5, 0.6) is 11.5 Å². The number of nitrogens with one attached hydrogen (secondary N) is 1. The van der Waals surface area contributed by atoms with Crippen LogP contribution in [0.2, 0.25) is 0 Å². The van der Waals surface area contributed by atoms with Crippen molar-refractivity contribution < 1.29 is 17.9 Å². The zero-order chi connectivity index (χ0) is 24.1. The molecule has 3 aromatic carbocycles. The van der Waals surface area contributed by atoms with Gasteiger partial charge in [0.15, 0.2) is 0 Å². The van der Waals surface area contributed by atoms with Gasteiger partial charge in [-0.05, 0) is 80.4 Å². The average molecular weight is 480 g/mol. The van der Waals surface area contributed by atoms with Gasteiger partial charge >= 0.3 is 0 Å². The lowest BCUT2D eigenvalue weighted by molar-refractivity contribution is -0.116. The lowest BCUT2D eigenvalue weighted by Crippen LogP contribution is -2.45. The number of nitrogens with zero attached hydrogens (tertiary/aromatic N) is 2. The molecule has 1 aliphatic rings. The van der Waals surface area contributed by atoms with Crippen molar-refractivity contribution >= 4 is 33.0 Å². The number of rotatable bonds is 8. The van der Waals surface area contributed by atoms with Crippen molar-refractivity contribution in [2.75, 3.05) is 33.9 Å². The van der Waals surface area contributed by atoms with Crippen molar-refractivity contribution in [3.8, 4) is 11.5 Å². The van der Waals surface area contributed by atoms with E-state index >= 15 is 0 Å². The van der Waals surface area contributed by atoms with Crippen LogP contribution in [0.15, 0.2) is 78.9 Å². The van der Waals surface area contributed by atoms with Crippen LogP contribution in [0.25, 0.3) is 0 Å². The molecule has 1 saturated heterocycles. The van der Waals surface area contributed by atoms with Gasteiger partial charge in [0.2, 0.25) is 15.9 Å². The third-order valence-corrected chi connectivity index (χ3v) is 7.01. The monoisotopic (exact) mass is 479 g/mol. The molecule has 178 valence electrons. The number of benzene rings is 3. The van der Waals surface area contributed by atoms with Crippen molar-refractivity contribution in [2.24, 2.45) is 0 Å². The predicted molar refractivity (Wildman–Crippen MR) is 136 cm³/mol. The highest BCUT2D eigenvalue weighted by atomic mass is 32.2. The highest BCUT2D eigenvalue weighted by molar-refractivity contribution is 7.92. The molecule has 0 aromatic heterocycles. The Morgan fingerprint density at radius 1 is 0.912 bits per heavy atom. The van der Waals surface area contributed by atoms with E-state index in [9.17, 15) is 13.2 Å². The summed E-state index contributed by atoms with van der Waals surface area (Å²) >= 11 is 0. The van der Waals surface area contributed by atoms with E-state index in [1.165, 1.54) is 12.8 Å². The van der Waals surface area contributed by atoms with E-state index in [2.05, 4.69) is 10.2 Å². The van der Waals surface area contributed by atoms with Gasteiger partial charge in [-0.2, -0.15) is 0 Å². The first-order valence-electron chi connectivity index (χ1n) is 11.3. The topological polar surface area (TPSA) is 79.0 Å². The number of amides is 1. The molecular weight excluding hydrogens is 450 g/mol. The maximum absolute atomic E-state index is 13.0. The summed E-state index contributed by atoms with van der Waals surface area (Å²) in [5.41, 5.74) is 2.13. The molecule has 1 fully saturated rings. The summed E-state index contributed by atoms with van der Waals surface area (Å²) in [5, 5.41) is 2.84. The number of anilines is 3. The fourth-order valence-corrected chi connectivity index (χ4v) is 5.25. The maximum atomic E-state index is 13.0. The first kappa shape index (κ1) is 23.6. The SMILES string of the molecule is C[C@@H](C(=O)Nc1ccc(N2CCCC2)cc1)N(c1ccc(Oc2ccccc2)cc1)S(C)(=O)=O. The molecule has 0 aliphatic carbocycles. The third-order valence-electron chi connectivity index (χ3n) is 5.76. The first-order chi connectivity index (χ1) is 16.3. The van der Waals surface area contributed by atoms with Crippen LogP contribution >= 0.6 is 0 Å². The zero-order valence-corrected chi connectivity index (χ0v) is 20.2. The van der Waals surface area contributed by atoms with Crippen molar-refractivity contribution in [1.29, 1.82) is 0 Å². The maximum Gasteiger partial charge on any atom is 0.247 e. The molecule has 1 N–H and O–H groups in total. The summed E-state index contributed by atoms with van der Waals surface area (Å²) in [6.07, 6.45) is 3.48. The number of sulfonamides is 1. The Morgan fingerprint density at radius 3 is 2.09 bits per heavy atom. The Bertz CT molecular complexity index is 1210. The van der Waals surface area contributed by atoms with E-state index in [0.29, 0.717) is 22.9 Å². The molecule has 0 radical (unpaired) electrons. The second-order valence-electron chi connectivity index (χ2n) is 8.37. The molecule has 7 nitrogen and oxygen atoms in total. The highest BCUT2D eigenvalue weighted by Gasteiger charge is 2.29. The zero-order valence-electron chi connectivity index (χ0n) is 19.3. The van der Waals surface area contributed by atoms with Crippen LogP contribution < -0.4 is 19.3 Å². The number of carbonyl (C=O) groups is 1. The van der Waals surface area contributed by atoms with Crippen molar-refractivity contribution in [1.82, 2.24) is 0 Å². The van der Waals surface area contributed by atoms with Crippen LogP contribution in [0.3, 0.4) is 0 Å². The Hall–Kier alpha value is -3.52. The highest BCUT2D eigenvalue weighted by Crippen LogP contribution is 2.27. The summed E-state index contributed by atoms with van der Waals surface area (Å²) in [5.74, 6) is 0.835. The molecular formula is C26H29N3O4S. The smallest absolute Gasteiger partial charge is 0.247 e. The molecule has 0 bridgehead atoms. The Labute approximate surface area is 201 Å². The number of ether oxygens (including phenoxy) is 1. The number of hydrogen-bond acceptors (Lipinski definition) is 5. The van der Waals surface area contributed by atoms with Gasteiger partial charge in [-0.15, -0.1) is 0 Å².